The van der Waals surface area contributed by atoms with Crippen molar-refractivity contribution in [3.05, 3.63) is 19.8 Å². The van der Waals surface area contributed by atoms with Gasteiger partial charge in [-0.15, -0.1) is 0 Å². The third kappa shape index (κ3) is 7.33. The molecule has 0 saturated carbocycles. The first-order valence-corrected chi connectivity index (χ1v) is 5.76. The summed E-state index contributed by atoms with van der Waals surface area (Å²) in [6.07, 6.45) is 1.36. The highest BCUT2D eigenvalue weighted by Crippen LogP contribution is 2.16. The lowest BCUT2D eigenvalue weighted by molar-refractivity contribution is -0.392. The van der Waals surface area contributed by atoms with E-state index in [0.29, 0.717) is 33.0 Å². The van der Waals surface area contributed by atoms with Crippen molar-refractivity contribution in [3.63, 3.8) is 0 Å². The molecule has 5 nitrogen and oxygen atoms in total. The Kier molecular flexibility index (Phi) is 10.1. The first kappa shape index (κ1) is 16.4. The van der Waals surface area contributed by atoms with Gasteiger partial charge in [-0.3, -0.25) is 0 Å². The molecule has 0 amide bonds. The zero-order valence-electron chi connectivity index (χ0n) is 10.8. The predicted molar refractivity (Wildman–Crippen MR) is 64.3 cm³/mol. The van der Waals surface area contributed by atoms with E-state index in [1.54, 1.807) is 0 Å². The van der Waals surface area contributed by atoms with Gasteiger partial charge in [-0.2, -0.15) is 0 Å². The zero-order valence-corrected chi connectivity index (χ0v) is 10.8. The topological polar surface area (TPSA) is 46.2 Å². The number of hydrogen-bond donors (Lipinski definition) is 0. The Hall–Kier alpha value is -0.620. The van der Waals surface area contributed by atoms with E-state index in [1.807, 2.05) is 13.8 Å². The second-order valence-electron chi connectivity index (χ2n) is 2.99. The van der Waals surface area contributed by atoms with Crippen LogP contribution in [-0.2, 0) is 23.7 Å². The monoisotopic (exact) mass is 247 g/mol. The number of ether oxygens (including phenoxy) is 5. The predicted octanol–water partition coefficient (Wildman–Crippen LogP) is 1.74. The van der Waals surface area contributed by atoms with Gasteiger partial charge in [0, 0.05) is 19.8 Å². The fourth-order valence-corrected chi connectivity index (χ4v) is 1.22. The van der Waals surface area contributed by atoms with Gasteiger partial charge in [-0.25, -0.2) is 0 Å². The lowest BCUT2D eigenvalue weighted by Crippen LogP contribution is -2.44. The molecule has 0 aromatic rings. The van der Waals surface area contributed by atoms with Crippen molar-refractivity contribution in [3.8, 4) is 0 Å². The highest BCUT2D eigenvalue weighted by atomic mass is 16.9. The van der Waals surface area contributed by atoms with Gasteiger partial charge in [-0.05, 0) is 20.8 Å². The van der Waals surface area contributed by atoms with Crippen LogP contribution in [0.2, 0.25) is 0 Å². The second-order valence-corrected chi connectivity index (χ2v) is 2.99. The third-order valence-corrected chi connectivity index (χ3v) is 1.79. The first-order valence-electron chi connectivity index (χ1n) is 5.76. The molecule has 0 aliphatic rings. The summed E-state index contributed by atoms with van der Waals surface area (Å²) in [7, 11) is 0. The lowest BCUT2D eigenvalue weighted by atomic mass is 10.5. The smallest absolute Gasteiger partial charge is 0.307 e. The lowest BCUT2D eigenvalue weighted by Gasteiger charge is -2.32. The number of hydrogen-bond acceptors (Lipinski definition) is 5. The summed E-state index contributed by atoms with van der Waals surface area (Å²) >= 11 is 0. The van der Waals surface area contributed by atoms with Crippen LogP contribution in [0.15, 0.2) is 12.8 Å². The van der Waals surface area contributed by atoms with E-state index >= 15 is 0 Å². The van der Waals surface area contributed by atoms with Gasteiger partial charge >= 0.3 is 5.97 Å². The average molecular weight is 247 g/mol. The van der Waals surface area contributed by atoms with Crippen molar-refractivity contribution in [2.24, 2.45) is 0 Å². The molecule has 0 heterocycles. The molecule has 5 heteroatoms. The minimum Gasteiger partial charge on any atom is -0.499 e. The van der Waals surface area contributed by atoms with Crippen LogP contribution >= 0.6 is 0 Å². The van der Waals surface area contributed by atoms with E-state index in [9.17, 15) is 0 Å². The van der Waals surface area contributed by atoms with E-state index in [1.165, 1.54) is 6.26 Å². The zero-order chi connectivity index (χ0) is 13.0. The Morgan fingerprint density at radius 2 is 1.71 bits per heavy atom. The van der Waals surface area contributed by atoms with Crippen LogP contribution in [0.25, 0.3) is 0 Å². The summed E-state index contributed by atoms with van der Waals surface area (Å²) in [4.78, 5) is 0. The number of rotatable bonds is 12. The molecule has 0 aliphatic carbocycles. The summed E-state index contributed by atoms with van der Waals surface area (Å²) in [6, 6.07) is 0. The van der Waals surface area contributed by atoms with Crippen LogP contribution in [0.3, 0.4) is 0 Å². The van der Waals surface area contributed by atoms with E-state index in [-0.39, 0.29) is 6.61 Å². The first-order chi connectivity index (χ1) is 8.24. The van der Waals surface area contributed by atoms with Crippen LogP contribution in [-0.4, -0.2) is 45.6 Å². The Balaban J connectivity index is 4.24. The molecule has 0 aromatic heterocycles. The summed E-state index contributed by atoms with van der Waals surface area (Å²) < 4.78 is 26.7. The van der Waals surface area contributed by atoms with E-state index in [4.69, 9.17) is 23.7 Å². The van der Waals surface area contributed by atoms with Crippen LogP contribution in [0.1, 0.15) is 13.8 Å². The molecule has 0 fully saturated rings. The maximum absolute atomic E-state index is 5.54. The quantitative estimate of drug-likeness (QED) is 0.298. The van der Waals surface area contributed by atoms with Gasteiger partial charge in [0.05, 0.1) is 12.9 Å². The van der Waals surface area contributed by atoms with Crippen molar-refractivity contribution in [2.45, 2.75) is 19.8 Å². The Bertz CT molecular complexity index is 178. The van der Waals surface area contributed by atoms with Crippen LogP contribution in [0, 0.1) is 6.92 Å². The Morgan fingerprint density at radius 1 is 1.06 bits per heavy atom. The molecule has 0 bridgehead atoms. The van der Waals surface area contributed by atoms with Crippen LogP contribution in [0.5, 0.6) is 0 Å². The molecule has 1 radical (unpaired) electrons. The maximum atomic E-state index is 5.54. The summed E-state index contributed by atoms with van der Waals surface area (Å²) in [5.74, 6) is -1.17. The molecule has 0 N–H and O–H groups in total. The van der Waals surface area contributed by atoms with Gasteiger partial charge in [0.1, 0.15) is 13.2 Å². The summed E-state index contributed by atoms with van der Waals surface area (Å²) in [6.45, 7) is 12.9. The Morgan fingerprint density at radius 3 is 2.18 bits per heavy atom. The minimum absolute atomic E-state index is 0.173. The Labute approximate surface area is 104 Å². The van der Waals surface area contributed by atoms with Crippen molar-refractivity contribution < 1.29 is 23.7 Å². The van der Waals surface area contributed by atoms with Gasteiger partial charge in [0.15, 0.2) is 0 Å². The van der Waals surface area contributed by atoms with E-state index in [2.05, 4.69) is 13.5 Å². The molecule has 101 valence electrons. The molecule has 0 atom stereocenters. The summed E-state index contributed by atoms with van der Waals surface area (Å²) in [5, 5.41) is 0. The van der Waals surface area contributed by atoms with Gasteiger partial charge in [0.2, 0.25) is 0 Å². The molecule has 0 aliphatic heterocycles. The van der Waals surface area contributed by atoms with Gasteiger partial charge in [0.25, 0.3) is 0 Å². The highest BCUT2D eigenvalue weighted by Gasteiger charge is 2.33. The minimum atomic E-state index is -1.17. The van der Waals surface area contributed by atoms with E-state index in [0.717, 1.165) is 0 Å². The average Bonchev–Trinajstić information content (AvgIpc) is 2.33. The SMILES string of the molecule is [CH2]COCC(OCC)(OCC)OCCOC=C. The molecular weight excluding hydrogens is 224 g/mol. The molecule has 0 aromatic carbocycles. The fraction of sp³-hybridized carbons (Fsp3) is 0.750. The van der Waals surface area contributed by atoms with Crippen molar-refractivity contribution in [2.75, 3.05) is 39.6 Å². The maximum Gasteiger partial charge on any atom is 0.307 e. The standard InChI is InChI=1S/C12H23O5/c1-5-13-9-10-17-12(15-7-3,16-8-4)11-14-6-2/h5H,1-2,6-11H2,3-4H3. The van der Waals surface area contributed by atoms with E-state index < -0.39 is 5.97 Å². The molecule has 0 unspecified atom stereocenters. The fourth-order valence-electron chi connectivity index (χ4n) is 1.22. The van der Waals surface area contributed by atoms with Crippen LogP contribution < -0.4 is 0 Å². The molecule has 0 saturated heterocycles. The highest BCUT2D eigenvalue weighted by molar-refractivity contribution is 4.58. The normalized spacial score (nSPS) is 11.5. The largest absolute Gasteiger partial charge is 0.499 e. The van der Waals surface area contributed by atoms with Crippen molar-refractivity contribution in [1.82, 2.24) is 0 Å². The molecule has 0 spiro atoms. The molecule has 17 heavy (non-hydrogen) atoms. The third-order valence-electron chi connectivity index (χ3n) is 1.79. The second kappa shape index (κ2) is 10.5. The van der Waals surface area contributed by atoms with Gasteiger partial charge < -0.3 is 23.7 Å². The van der Waals surface area contributed by atoms with Crippen molar-refractivity contribution in [1.29, 1.82) is 0 Å². The van der Waals surface area contributed by atoms with Crippen LogP contribution in [0.4, 0.5) is 0 Å². The molecular formula is C12H23O5. The van der Waals surface area contributed by atoms with Crippen molar-refractivity contribution >= 4 is 0 Å². The summed E-state index contributed by atoms with van der Waals surface area (Å²) in [5.41, 5.74) is 0. The molecule has 0 rings (SSSR count). The van der Waals surface area contributed by atoms with Gasteiger partial charge in [-0.1, -0.05) is 6.58 Å².